The third-order valence-electron chi connectivity index (χ3n) is 2.31. The van der Waals surface area contributed by atoms with Crippen LogP contribution in [0.1, 0.15) is 0 Å². The Morgan fingerprint density at radius 2 is 2.39 bits per heavy atom. The molecule has 0 aromatic carbocycles. The summed E-state index contributed by atoms with van der Waals surface area (Å²) in [6.07, 6.45) is 3.77. The van der Waals surface area contributed by atoms with E-state index in [9.17, 15) is 4.79 Å². The minimum absolute atomic E-state index is 0.0165. The average Bonchev–Trinajstić information content (AvgIpc) is 2.71. The van der Waals surface area contributed by atoms with Crippen molar-refractivity contribution in [3.05, 3.63) is 18.3 Å². The fourth-order valence-corrected chi connectivity index (χ4v) is 2.67. The predicted molar refractivity (Wildman–Crippen MR) is 74.3 cm³/mol. The van der Waals surface area contributed by atoms with Gasteiger partial charge in [0.25, 0.3) is 0 Å². The molecule has 0 saturated carbocycles. The zero-order valence-electron chi connectivity index (χ0n) is 9.87. The van der Waals surface area contributed by atoms with Crippen LogP contribution in [0.2, 0.25) is 0 Å². The highest BCUT2D eigenvalue weighted by Crippen LogP contribution is 2.22. The van der Waals surface area contributed by atoms with Crippen molar-refractivity contribution < 1.29 is 9.90 Å². The zero-order valence-corrected chi connectivity index (χ0v) is 11.5. The number of nitrogens with zero attached hydrogens (tertiary/aromatic N) is 3. The van der Waals surface area contributed by atoms with Crippen molar-refractivity contribution in [2.24, 2.45) is 0 Å². The van der Waals surface area contributed by atoms with Gasteiger partial charge in [-0.3, -0.25) is 4.79 Å². The van der Waals surface area contributed by atoms with Gasteiger partial charge < -0.3 is 9.67 Å². The first-order chi connectivity index (χ1) is 8.72. The van der Waals surface area contributed by atoms with E-state index in [1.807, 2.05) is 23.0 Å². The van der Waals surface area contributed by atoms with Gasteiger partial charge >= 0.3 is 5.97 Å². The second-order valence-electron chi connectivity index (χ2n) is 3.57. The van der Waals surface area contributed by atoms with Crippen LogP contribution in [0.25, 0.3) is 11.2 Å². The molecule has 0 aliphatic rings. The van der Waals surface area contributed by atoms with E-state index in [4.69, 9.17) is 5.11 Å². The van der Waals surface area contributed by atoms with Crippen LogP contribution in [0, 0.1) is 0 Å². The van der Waals surface area contributed by atoms with Crippen molar-refractivity contribution in [1.82, 2.24) is 14.5 Å². The molecule has 0 aliphatic carbocycles. The van der Waals surface area contributed by atoms with Gasteiger partial charge in [-0.25, -0.2) is 9.97 Å². The number of aliphatic carboxylic acids is 1. The number of imidazole rings is 1. The van der Waals surface area contributed by atoms with Crippen molar-refractivity contribution >= 4 is 40.7 Å². The van der Waals surface area contributed by atoms with Gasteiger partial charge in [0, 0.05) is 18.5 Å². The topological polar surface area (TPSA) is 68.0 Å². The van der Waals surface area contributed by atoms with Crippen molar-refractivity contribution in [2.75, 3.05) is 17.8 Å². The number of carbonyl (C=O) groups is 1. The van der Waals surface area contributed by atoms with Crippen molar-refractivity contribution in [2.45, 2.75) is 11.7 Å². The first-order valence-corrected chi connectivity index (χ1v) is 7.75. The SMILES string of the molecule is CSCCn1c(SCC(=O)O)nc2cccnc21. The lowest BCUT2D eigenvalue weighted by Crippen LogP contribution is -2.05. The Labute approximate surface area is 113 Å². The van der Waals surface area contributed by atoms with E-state index in [2.05, 4.69) is 9.97 Å². The second kappa shape index (κ2) is 6.10. The highest BCUT2D eigenvalue weighted by molar-refractivity contribution is 7.99. The van der Waals surface area contributed by atoms with E-state index in [-0.39, 0.29) is 5.75 Å². The van der Waals surface area contributed by atoms with Crippen molar-refractivity contribution in [1.29, 1.82) is 0 Å². The van der Waals surface area contributed by atoms with Crippen molar-refractivity contribution in [3.63, 3.8) is 0 Å². The summed E-state index contributed by atoms with van der Waals surface area (Å²) in [5.74, 6) is 0.127. The van der Waals surface area contributed by atoms with Crippen LogP contribution in [0.4, 0.5) is 0 Å². The fourth-order valence-electron chi connectivity index (χ4n) is 1.56. The Hall–Kier alpha value is -1.21. The molecule has 0 amide bonds. The van der Waals surface area contributed by atoms with E-state index in [0.29, 0.717) is 0 Å². The van der Waals surface area contributed by atoms with Crippen LogP contribution in [-0.4, -0.2) is 43.4 Å². The summed E-state index contributed by atoms with van der Waals surface area (Å²) in [4.78, 5) is 19.4. The zero-order chi connectivity index (χ0) is 13.0. The standard InChI is InChI=1S/C11H13N3O2S2/c1-17-6-5-14-10-8(3-2-4-12-10)13-11(14)18-7-9(15)16/h2-4H,5-7H2,1H3,(H,15,16). The predicted octanol–water partition coefficient (Wildman–Crippen LogP) is 1.97. The van der Waals surface area contributed by atoms with Gasteiger partial charge in [-0.15, -0.1) is 0 Å². The number of rotatable bonds is 6. The molecular formula is C11H13N3O2S2. The normalized spacial score (nSPS) is 10.9. The van der Waals surface area contributed by atoms with Crippen LogP contribution in [-0.2, 0) is 11.3 Å². The molecule has 0 saturated heterocycles. The maximum Gasteiger partial charge on any atom is 0.313 e. The maximum absolute atomic E-state index is 10.6. The summed E-state index contributed by atoms with van der Waals surface area (Å²) in [5.41, 5.74) is 1.63. The molecule has 5 nitrogen and oxygen atoms in total. The Bertz CT molecular complexity index is 556. The quantitative estimate of drug-likeness (QED) is 0.818. The molecule has 2 heterocycles. The molecule has 18 heavy (non-hydrogen) atoms. The van der Waals surface area contributed by atoms with Crippen LogP contribution in [0.15, 0.2) is 23.5 Å². The summed E-state index contributed by atoms with van der Waals surface area (Å²) in [6.45, 7) is 0.788. The summed E-state index contributed by atoms with van der Waals surface area (Å²) in [6, 6.07) is 3.72. The molecule has 7 heteroatoms. The number of hydrogen-bond donors (Lipinski definition) is 1. The molecule has 96 valence electrons. The van der Waals surface area contributed by atoms with Gasteiger partial charge in [0.15, 0.2) is 10.8 Å². The summed E-state index contributed by atoms with van der Waals surface area (Å²) >= 11 is 2.97. The highest BCUT2D eigenvalue weighted by atomic mass is 32.2. The molecule has 0 atom stereocenters. The van der Waals surface area contributed by atoms with E-state index >= 15 is 0 Å². The van der Waals surface area contributed by atoms with E-state index < -0.39 is 5.97 Å². The summed E-state index contributed by atoms with van der Waals surface area (Å²) in [5, 5.41) is 9.46. The number of thioether (sulfide) groups is 2. The minimum Gasteiger partial charge on any atom is -0.481 e. The lowest BCUT2D eigenvalue weighted by molar-refractivity contribution is -0.133. The van der Waals surface area contributed by atoms with Gasteiger partial charge in [-0.1, -0.05) is 11.8 Å². The highest BCUT2D eigenvalue weighted by Gasteiger charge is 2.12. The molecule has 2 aromatic rings. The van der Waals surface area contributed by atoms with Crippen LogP contribution in [0.3, 0.4) is 0 Å². The Morgan fingerprint density at radius 3 is 3.11 bits per heavy atom. The van der Waals surface area contributed by atoms with Crippen LogP contribution >= 0.6 is 23.5 Å². The number of pyridine rings is 1. The first-order valence-electron chi connectivity index (χ1n) is 5.37. The molecule has 2 aromatic heterocycles. The lowest BCUT2D eigenvalue weighted by Gasteiger charge is -2.05. The Balaban J connectivity index is 2.33. The van der Waals surface area contributed by atoms with Gasteiger partial charge in [0.1, 0.15) is 5.52 Å². The van der Waals surface area contributed by atoms with Crippen LogP contribution < -0.4 is 0 Å². The Kier molecular flexibility index (Phi) is 4.48. The third kappa shape index (κ3) is 2.97. The van der Waals surface area contributed by atoms with Gasteiger partial charge in [-0.05, 0) is 18.4 Å². The number of aryl methyl sites for hydroxylation is 1. The largest absolute Gasteiger partial charge is 0.481 e. The molecule has 0 bridgehead atoms. The summed E-state index contributed by atoms with van der Waals surface area (Å²) in [7, 11) is 0. The third-order valence-corrected chi connectivity index (χ3v) is 3.86. The molecular weight excluding hydrogens is 270 g/mol. The molecule has 0 aliphatic heterocycles. The first kappa shape index (κ1) is 13.2. The number of hydrogen-bond acceptors (Lipinski definition) is 5. The number of fused-ring (bicyclic) bond motifs is 1. The number of aromatic nitrogens is 3. The monoisotopic (exact) mass is 283 g/mol. The van der Waals surface area contributed by atoms with Crippen molar-refractivity contribution in [3.8, 4) is 0 Å². The van der Waals surface area contributed by atoms with E-state index in [1.165, 1.54) is 11.8 Å². The minimum atomic E-state index is -0.837. The lowest BCUT2D eigenvalue weighted by atomic mass is 10.4. The van der Waals surface area contributed by atoms with Gasteiger partial charge in [0.2, 0.25) is 0 Å². The van der Waals surface area contributed by atoms with Gasteiger partial charge in [0.05, 0.1) is 5.75 Å². The smallest absolute Gasteiger partial charge is 0.313 e. The Morgan fingerprint density at radius 1 is 1.56 bits per heavy atom. The molecule has 0 radical (unpaired) electrons. The average molecular weight is 283 g/mol. The summed E-state index contributed by atoms with van der Waals surface area (Å²) < 4.78 is 1.99. The second-order valence-corrected chi connectivity index (χ2v) is 5.50. The maximum atomic E-state index is 10.6. The molecule has 0 fully saturated rings. The van der Waals surface area contributed by atoms with E-state index in [1.54, 1.807) is 18.0 Å². The number of carboxylic acid groups (broad SMARTS) is 1. The molecule has 0 spiro atoms. The molecule has 0 unspecified atom stereocenters. The molecule has 1 N–H and O–H groups in total. The van der Waals surface area contributed by atoms with Crippen LogP contribution in [0.5, 0.6) is 0 Å². The number of carboxylic acids is 1. The van der Waals surface area contributed by atoms with E-state index in [0.717, 1.165) is 28.6 Å². The molecule has 2 rings (SSSR count). The fraction of sp³-hybridized carbons (Fsp3) is 0.364. The van der Waals surface area contributed by atoms with Gasteiger partial charge in [-0.2, -0.15) is 11.8 Å².